The Morgan fingerprint density at radius 3 is 1.86 bits per heavy atom. The third-order valence-electron chi connectivity index (χ3n) is 5.36. The smallest absolute Gasteiger partial charge is 0.330 e. The summed E-state index contributed by atoms with van der Waals surface area (Å²) in [7, 11) is 0. The van der Waals surface area contributed by atoms with Crippen molar-refractivity contribution >= 4 is 49.3 Å². The predicted octanol–water partition coefficient (Wildman–Crippen LogP) is 5.83. The highest BCUT2D eigenvalue weighted by Gasteiger charge is 2.15. The lowest BCUT2D eigenvalue weighted by molar-refractivity contribution is -0.137. The lowest BCUT2D eigenvalue weighted by Crippen LogP contribution is -2.09. The van der Waals surface area contributed by atoms with E-state index in [0.717, 1.165) is 0 Å². The Morgan fingerprint density at radius 1 is 0.786 bits per heavy atom. The third-order valence-corrected chi connectivity index (χ3v) is 5.36. The fourth-order valence-electron chi connectivity index (χ4n) is 4.16. The molecule has 0 spiro atoms. The Morgan fingerprint density at radius 2 is 1.32 bits per heavy atom. The van der Waals surface area contributed by atoms with Crippen LogP contribution in [0.25, 0.3) is 43.4 Å². The van der Waals surface area contributed by atoms with E-state index >= 15 is 0 Å². The van der Waals surface area contributed by atoms with Crippen LogP contribution in [-0.4, -0.2) is 17.1 Å². The van der Waals surface area contributed by atoms with Crippen LogP contribution < -0.4 is 0 Å². The van der Waals surface area contributed by atoms with Gasteiger partial charge in [-0.05, 0) is 10.8 Å². The van der Waals surface area contributed by atoms with Gasteiger partial charge in [-0.15, -0.1) is 0 Å². The number of benzene rings is 4. The van der Waals surface area contributed by atoms with Crippen LogP contribution >= 0.6 is 0 Å². The van der Waals surface area contributed by atoms with Crippen LogP contribution in [0.1, 0.15) is 0 Å². The molecular formula is C25H19NO2. The SMILES string of the molecule is C=CC(=O)OCCn1c2c3ccccc3ccc2c2ccc3ccccc3c21. The van der Waals surface area contributed by atoms with E-state index in [1.165, 1.54) is 49.4 Å². The van der Waals surface area contributed by atoms with E-state index in [-0.39, 0.29) is 0 Å². The van der Waals surface area contributed by atoms with Gasteiger partial charge < -0.3 is 9.30 Å². The molecule has 0 saturated carbocycles. The number of carbonyl (C=O) groups is 1. The van der Waals surface area contributed by atoms with E-state index in [1.807, 2.05) is 0 Å². The molecule has 5 rings (SSSR count). The van der Waals surface area contributed by atoms with Crippen LogP contribution in [0.3, 0.4) is 0 Å². The molecule has 1 heterocycles. The normalized spacial score (nSPS) is 11.4. The lowest BCUT2D eigenvalue weighted by Gasteiger charge is -2.11. The van der Waals surface area contributed by atoms with E-state index in [9.17, 15) is 4.79 Å². The zero-order valence-electron chi connectivity index (χ0n) is 15.4. The van der Waals surface area contributed by atoms with E-state index in [1.54, 1.807) is 0 Å². The Bertz CT molecular complexity index is 1280. The molecule has 3 heteroatoms. The number of esters is 1. The minimum absolute atomic E-state index is 0.302. The minimum Gasteiger partial charge on any atom is -0.461 e. The summed E-state index contributed by atoms with van der Waals surface area (Å²) in [6.45, 7) is 4.36. The molecule has 0 bridgehead atoms. The second kappa shape index (κ2) is 6.54. The molecule has 5 aromatic rings. The summed E-state index contributed by atoms with van der Waals surface area (Å²) in [5, 5.41) is 7.24. The van der Waals surface area contributed by atoms with Gasteiger partial charge in [0.15, 0.2) is 0 Å². The van der Waals surface area contributed by atoms with E-state index in [0.29, 0.717) is 13.2 Å². The maximum Gasteiger partial charge on any atom is 0.330 e. The van der Waals surface area contributed by atoms with Crippen LogP contribution in [-0.2, 0) is 16.1 Å². The van der Waals surface area contributed by atoms with E-state index < -0.39 is 5.97 Å². The number of hydrogen-bond acceptors (Lipinski definition) is 2. The first kappa shape index (κ1) is 16.6. The zero-order chi connectivity index (χ0) is 19.1. The van der Waals surface area contributed by atoms with Crippen LogP contribution in [0.5, 0.6) is 0 Å². The first-order valence-corrected chi connectivity index (χ1v) is 9.38. The molecule has 3 nitrogen and oxygen atoms in total. The molecule has 0 fully saturated rings. The van der Waals surface area contributed by atoms with Crippen molar-refractivity contribution in [3.05, 3.63) is 85.5 Å². The molecule has 0 radical (unpaired) electrons. The lowest BCUT2D eigenvalue weighted by atomic mass is 10.0. The highest BCUT2D eigenvalue weighted by molar-refractivity contribution is 6.22. The van der Waals surface area contributed by atoms with Crippen molar-refractivity contribution in [2.45, 2.75) is 6.54 Å². The second-order valence-electron chi connectivity index (χ2n) is 6.89. The predicted molar refractivity (Wildman–Crippen MR) is 116 cm³/mol. The molecule has 0 aliphatic heterocycles. The fraction of sp³-hybridized carbons (Fsp3) is 0.0800. The first-order valence-electron chi connectivity index (χ1n) is 9.38. The molecule has 0 atom stereocenters. The number of aromatic nitrogens is 1. The number of fused-ring (bicyclic) bond motifs is 7. The number of carbonyl (C=O) groups excluding carboxylic acids is 1. The summed E-state index contributed by atoms with van der Waals surface area (Å²) in [6.07, 6.45) is 1.21. The molecule has 0 saturated heterocycles. The van der Waals surface area contributed by atoms with Crippen molar-refractivity contribution in [1.82, 2.24) is 4.57 Å². The monoisotopic (exact) mass is 365 g/mol. The molecular weight excluding hydrogens is 346 g/mol. The first-order chi connectivity index (χ1) is 13.8. The highest BCUT2D eigenvalue weighted by atomic mass is 16.5. The molecule has 1 aromatic heterocycles. The Hall–Kier alpha value is -3.59. The average Bonchev–Trinajstić information content (AvgIpc) is 3.08. The minimum atomic E-state index is -0.393. The summed E-state index contributed by atoms with van der Waals surface area (Å²) in [6, 6.07) is 25.6. The van der Waals surface area contributed by atoms with Crippen molar-refractivity contribution in [1.29, 1.82) is 0 Å². The van der Waals surface area contributed by atoms with Crippen LogP contribution in [0.4, 0.5) is 0 Å². The Balaban J connectivity index is 1.87. The van der Waals surface area contributed by atoms with Gasteiger partial charge in [-0.25, -0.2) is 4.79 Å². The molecule has 0 unspecified atom stereocenters. The summed E-state index contributed by atoms with van der Waals surface area (Å²) in [5.74, 6) is -0.393. The molecule has 136 valence electrons. The summed E-state index contributed by atoms with van der Waals surface area (Å²) < 4.78 is 7.61. The molecule has 28 heavy (non-hydrogen) atoms. The van der Waals surface area contributed by atoms with Crippen LogP contribution in [0, 0.1) is 0 Å². The zero-order valence-corrected chi connectivity index (χ0v) is 15.4. The van der Waals surface area contributed by atoms with Gasteiger partial charge in [0.05, 0.1) is 17.6 Å². The van der Waals surface area contributed by atoms with Crippen molar-refractivity contribution in [3.63, 3.8) is 0 Å². The molecule has 0 N–H and O–H groups in total. The van der Waals surface area contributed by atoms with Gasteiger partial charge in [0.2, 0.25) is 0 Å². The number of ether oxygens (including phenoxy) is 1. The largest absolute Gasteiger partial charge is 0.461 e. The van der Waals surface area contributed by atoms with Gasteiger partial charge in [0, 0.05) is 27.6 Å². The Labute approximate surface area is 162 Å². The van der Waals surface area contributed by atoms with Crippen molar-refractivity contribution in [2.75, 3.05) is 6.61 Å². The third kappa shape index (κ3) is 2.48. The summed E-state index contributed by atoms with van der Waals surface area (Å²) >= 11 is 0. The molecule has 0 aliphatic rings. The topological polar surface area (TPSA) is 31.2 Å². The van der Waals surface area contributed by atoms with Crippen LogP contribution in [0.2, 0.25) is 0 Å². The number of nitrogens with zero attached hydrogens (tertiary/aromatic N) is 1. The van der Waals surface area contributed by atoms with Crippen molar-refractivity contribution in [3.8, 4) is 0 Å². The van der Waals surface area contributed by atoms with Gasteiger partial charge in [-0.2, -0.15) is 0 Å². The molecule has 0 amide bonds. The Kier molecular flexibility index (Phi) is 3.87. The standard InChI is InChI=1S/C25H19NO2/c1-2-23(27)28-16-15-26-24-19-9-5-3-7-17(19)11-13-21(24)22-14-12-18-8-4-6-10-20(18)25(22)26/h2-14H,1,15-16H2. The van der Waals surface area contributed by atoms with Gasteiger partial charge in [0.25, 0.3) is 0 Å². The van der Waals surface area contributed by atoms with Crippen molar-refractivity contribution in [2.24, 2.45) is 0 Å². The van der Waals surface area contributed by atoms with Gasteiger partial charge in [0.1, 0.15) is 6.61 Å². The van der Waals surface area contributed by atoms with Gasteiger partial charge in [-0.3, -0.25) is 0 Å². The van der Waals surface area contributed by atoms with Crippen molar-refractivity contribution < 1.29 is 9.53 Å². The van der Waals surface area contributed by atoms with Crippen LogP contribution in [0.15, 0.2) is 85.5 Å². The maximum absolute atomic E-state index is 11.5. The van der Waals surface area contributed by atoms with Gasteiger partial charge >= 0.3 is 5.97 Å². The number of hydrogen-bond donors (Lipinski definition) is 0. The molecule has 4 aromatic carbocycles. The number of rotatable bonds is 4. The quantitative estimate of drug-likeness (QED) is 0.296. The average molecular weight is 365 g/mol. The maximum atomic E-state index is 11.5. The molecule has 0 aliphatic carbocycles. The fourth-order valence-corrected chi connectivity index (χ4v) is 4.16. The van der Waals surface area contributed by atoms with Gasteiger partial charge in [-0.1, -0.05) is 79.4 Å². The highest BCUT2D eigenvalue weighted by Crippen LogP contribution is 2.37. The van der Waals surface area contributed by atoms with E-state index in [2.05, 4.69) is 83.9 Å². The summed E-state index contributed by atoms with van der Waals surface area (Å²) in [5.41, 5.74) is 2.36. The van der Waals surface area contributed by atoms with E-state index in [4.69, 9.17) is 4.74 Å². The summed E-state index contributed by atoms with van der Waals surface area (Å²) in [4.78, 5) is 11.5. The second-order valence-corrected chi connectivity index (χ2v) is 6.89.